The van der Waals surface area contributed by atoms with Crippen LogP contribution in [0.2, 0.25) is 0 Å². The second-order valence-electron chi connectivity index (χ2n) is 8.62. The summed E-state index contributed by atoms with van der Waals surface area (Å²) < 4.78 is 26.4. The number of nitrogens with one attached hydrogen (secondary N) is 1. The molecule has 1 atom stereocenters. The van der Waals surface area contributed by atoms with E-state index in [0.29, 0.717) is 5.56 Å². The molecule has 0 aliphatic carbocycles. The fraction of sp³-hybridized carbons (Fsp3) is 0.231. The van der Waals surface area contributed by atoms with Crippen LogP contribution in [0, 0.1) is 0 Å². The Labute approximate surface area is 193 Å². The van der Waals surface area contributed by atoms with Gasteiger partial charge in [0.15, 0.2) is 9.84 Å². The first-order valence-corrected chi connectivity index (χ1v) is 12.6. The number of hydrogen-bond donors (Lipinski definition) is 1. The maximum Gasteiger partial charge on any atom is 0.261 e. The first-order chi connectivity index (χ1) is 15.8. The molecule has 5 rings (SSSR count). The van der Waals surface area contributed by atoms with Gasteiger partial charge in [-0.25, -0.2) is 8.42 Å². The number of carbonyl (C=O) groups excluding carboxylic acids is 2. The minimum atomic E-state index is -3.67. The van der Waals surface area contributed by atoms with E-state index in [9.17, 15) is 18.0 Å². The molecule has 0 radical (unpaired) electrons. The number of imide groups is 1. The summed E-state index contributed by atoms with van der Waals surface area (Å²) in [7, 11) is -3.67. The summed E-state index contributed by atoms with van der Waals surface area (Å²) in [6.07, 6.45) is 0.0659. The Hall–Kier alpha value is -3.29. The van der Waals surface area contributed by atoms with E-state index in [1.807, 2.05) is 48.5 Å². The van der Waals surface area contributed by atoms with Crippen LogP contribution in [0.3, 0.4) is 0 Å². The van der Waals surface area contributed by atoms with Crippen molar-refractivity contribution in [3.8, 4) is 0 Å². The van der Waals surface area contributed by atoms with Crippen molar-refractivity contribution in [3.63, 3.8) is 0 Å². The zero-order chi connectivity index (χ0) is 23.2. The van der Waals surface area contributed by atoms with Crippen molar-refractivity contribution < 1.29 is 18.0 Å². The van der Waals surface area contributed by atoms with Crippen LogP contribution in [-0.4, -0.2) is 25.1 Å². The van der Waals surface area contributed by atoms with E-state index in [-0.39, 0.29) is 28.5 Å². The fourth-order valence-electron chi connectivity index (χ4n) is 4.61. The maximum absolute atomic E-state index is 13.3. The Bertz CT molecular complexity index is 1370. The smallest absolute Gasteiger partial charge is 0.261 e. The molecule has 7 heteroatoms. The minimum absolute atomic E-state index is 0.0659. The van der Waals surface area contributed by atoms with Gasteiger partial charge in [0, 0.05) is 18.7 Å². The van der Waals surface area contributed by atoms with E-state index < -0.39 is 21.8 Å². The lowest BCUT2D eigenvalue weighted by atomic mass is 9.95. The van der Waals surface area contributed by atoms with Crippen LogP contribution in [0.15, 0.2) is 71.6 Å². The number of amides is 2. The summed E-state index contributed by atoms with van der Waals surface area (Å²) in [4.78, 5) is 27.4. The molecule has 2 aliphatic rings. The average Bonchev–Trinajstić information content (AvgIpc) is 3.27. The molecule has 1 N–H and O–H groups in total. The number of hydrogen-bond acceptors (Lipinski definition) is 5. The zero-order valence-corrected chi connectivity index (χ0v) is 19.1. The Morgan fingerprint density at radius 3 is 2.42 bits per heavy atom. The van der Waals surface area contributed by atoms with E-state index in [0.717, 1.165) is 29.8 Å². The predicted molar refractivity (Wildman–Crippen MR) is 124 cm³/mol. The Kier molecular flexibility index (Phi) is 5.38. The van der Waals surface area contributed by atoms with Gasteiger partial charge in [-0.2, -0.15) is 0 Å². The highest BCUT2D eigenvalue weighted by atomic mass is 32.2. The van der Waals surface area contributed by atoms with Gasteiger partial charge in [-0.3, -0.25) is 14.5 Å². The largest absolute Gasteiger partial charge is 0.309 e. The van der Waals surface area contributed by atoms with Crippen LogP contribution < -0.4 is 5.32 Å². The molecule has 2 heterocycles. The van der Waals surface area contributed by atoms with Gasteiger partial charge in [-0.05, 0) is 46.9 Å². The molecular weight excluding hydrogens is 436 g/mol. The van der Waals surface area contributed by atoms with Gasteiger partial charge in [0.1, 0.15) is 0 Å². The number of fused-ring (bicyclic) bond motifs is 2. The van der Waals surface area contributed by atoms with Crippen molar-refractivity contribution >= 4 is 21.7 Å². The van der Waals surface area contributed by atoms with Gasteiger partial charge in [-0.15, -0.1) is 0 Å². The number of nitrogens with zero attached hydrogens (tertiary/aromatic N) is 1. The monoisotopic (exact) mass is 460 g/mol. The van der Waals surface area contributed by atoms with Crippen LogP contribution in [0.5, 0.6) is 0 Å². The normalized spacial score (nSPS) is 16.5. The third kappa shape index (κ3) is 3.98. The van der Waals surface area contributed by atoms with Gasteiger partial charge in [0.25, 0.3) is 5.91 Å². The SMILES string of the molecule is CC(c1ccccc1)N1C(=O)Cc2ccc(S(=O)(=O)Cc3ccc4c(c3)CNC4)cc2C1=O. The van der Waals surface area contributed by atoms with Crippen molar-refractivity contribution in [2.24, 2.45) is 0 Å². The van der Waals surface area contributed by atoms with Crippen molar-refractivity contribution in [1.29, 1.82) is 0 Å². The fourth-order valence-corrected chi connectivity index (χ4v) is 5.96. The second kappa shape index (κ2) is 8.24. The Balaban J connectivity index is 1.45. The van der Waals surface area contributed by atoms with Gasteiger partial charge in [-0.1, -0.05) is 54.6 Å². The van der Waals surface area contributed by atoms with E-state index >= 15 is 0 Å². The number of rotatable bonds is 5. The van der Waals surface area contributed by atoms with Crippen molar-refractivity contribution in [2.75, 3.05) is 0 Å². The lowest BCUT2D eigenvalue weighted by Gasteiger charge is -2.32. The summed E-state index contributed by atoms with van der Waals surface area (Å²) in [5.74, 6) is -0.888. The van der Waals surface area contributed by atoms with Crippen molar-refractivity contribution in [3.05, 3.63) is 100 Å². The van der Waals surface area contributed by atoms with E-state index in [2.05, 4.69) is 5.32 Å². The molecule has 33 heavy (non-hydrogen) atoms. The first-order valence-electron chi connectivity index (χ1n) is 10.9. The lowest BCUT2D eigenvalue weighted by molar-refractivity contribution is -0.130. The summed E-state index contributed by atoms with van der Waals surface area (Å²) in [6.45, 7) is 3.34. The number of benzene rings is 3. The lowest BCUT2D eigenvalue weighted by Crippen LogP contribution is -2.43. The highest BCUT2D eigenvalue weighted by Gasteiger charge is 2.35. The predicted octanol–water partition coefficient (Wildman–Crippen LogP) is 3.55. The maximum atomic E-state index is 13.3. The molecule has 0 fully saturated rings. The molecule has 0 saturated heterocycles. The molecule has 3 aromatic rings. The van der Waals surface area contributed by atoms with Crippen LogP contribution in [0.4, 0.5) is 0 Å². The highest BCUT2D eigenvalue weighted by Crippen LogP contribution is 2.31. The second-order valence-corrected chi connectivity index (χ2v) is 10.6. The van der Waals surface area contributed by atoms with E-state index in [4.69, 9.17) is 0 Å². The molecular formula is C26H24N2O4S. The van der Waals surface area contributed by atoms with E-state index in [1.54, 1.807) is 13.0 Å². The van der Waals surface area contributed by atoms with Gasteiger partial charge in [0.2, 0.25) is 5.91 Å². The zero-order valence-electron chi connectivity index (χ0n) is 18.2. The summed E-state index contributed by atoms with van der Waals surface area (Å²) >= 11 is 0. The van der Waals surface area contributed by atoms with Crippen LogP contribution in [0.25, 0.3) is 0 Å². The molecule has 6 nitrogen and oxygen atoms in total. The number of sulfone groups is 1. The molecule has 0 saturated carbocycles. The van der Waals surface area contributed by atoms with Crippen molar-refractivity contribution in [1.82, 2.24) is 10.2 Å². The summed E-state index contributed by atoms with van der Waals surface area (Å²) in [5, 5.41) is 3.26. The van der Waals surface area contributed by atoms with Crippen LogP contribution in [0.1, 0.15) is 51.1 Å². The van der Waals surface area contributed by atoms with Crippen LogP contribution >= 0.6 is 0 Å². The minimum Gasteiger partial charge on any atom is -0.309 e. The van der Waals surface area contributed by atoms with Crippen molar-refractivity contribution in [2.45, 2.75) is 43.1 Å². The number of carbonyl (C=O) groups is 2. The molecule has 0 bridgehead atoms. The average molecular weight is 461 g/mol. The third-order valence-corrected chi connectivity index (χ3v) is 8.11. The molecule has 168 valence electrons. The molecule has 0 spiro atoms. The molecule has 2 aliphatic heterocycles. The Morgan fingerprint density at radius 1 is 0.909 bits per heavy atom. The van der Waals surface area contributed by atoms with E-state index in [1.165, 1.54) is 22.6 Å². The first kappa shape index (κ1) is 21.6. The molecule has 2 amide bonds. The van der Waals surface area contributed by atoms with Crippen LogP contribution in [-0.2, 0) is 39.9 Å². The quantitative estimate of drug-likeness (QED) is 0.589. The van der Waals surface area contributed by atoms with Gasteiger partial charge in [0.05, 0.1) is 23.1 Å². The Morgan fingerprint density at radius 2 is 1.64 bits per heavy atom. The van der Waals surface area contributed by atoms with Gasteiger partial charge < -0.3 is 5.32 Å². The molecule has 0 aromatic heterocycles. The summed E-state index contributed by atoms with van der Waals surface area (Å²) in [6, 6.07) is 19.1. The third-order valence-electron chi connectivity index (χ3n) is 6.43. The topological polar surface area (TPSA) is 83.6 Å². The molecule has 3 aromatic carbocycles. The standard InChI is InChI=1S/C26H24N2O4S/c1-17(19-5-3-2-4-6-19)28-25(29)12-20-9-10-23(13-24(20)26(28)30)33(31,32)16-18-7-8-21-14-27-15-22(21)11-18/h2-11,13,17,27H,12,14-16H2,1H3. The summed E-state index contributed by atoms with van der Waals surface area (Å²) in [5.41, 5.74) is 4.70. The molecule has 1 unspecified atom stereocenters. The van der Waals surface area contributed by atoms with Gasteiger partial charge >= 0.3 is 0 Å². The highest BCUT2D eigenvalue weighted by molar-refractivity contribution is 7.90.